The fourth-order valence-electron chi connectivity index (χ4n) is 2.87. The number of anilines is 1. The maximum atomic E-state index is 13.1. The van der Waals surface area contributed by atoms with E-state index in [0.717, 1.165) is 11.8 Å². The summed E-state index contributed by atoms with van der Waals surface area (Å²) in [6.45, 7) is 0.232. The molecule has 0 saturated carbocycles. The van der Waals surface area contributed by atoms with Crippen LogP contribution in [0.25, 0.3) is 0 Å². The van der Waals surface area contributed by atoms with E-state index in [-0.39, 0.29) is 19.1 Å². The Balaban J connectivity index is 1.57. The Morgan fingerprint density at radius 1 is 0.969 bits per heavy atom. The number of sulfonamides is 1. The molecule has 9 heteroatoms. The smallest absolute Gasteiger partial charge is 0.258 e. The molecule has 0 radical (unpaired) electrons. The van der Waals surface area contributed by atoms with Crippen LogP contribution in [-0.4, -0.2) is 27.2 Å². The van der Waals surface area contributed by atoms with Crippen molar-refractivity contribution in [3.05, 3.63) is 94.8 Å². The van der Waals surface area contributed by atoms with E-state index in [1.54, 1.807) is 36.4 Å². The van der Waals surface area contributed by atoms with E-state index in [0.29, 0.717) is 28.6 Å². The van der Waals surface area contributed by atoms with Crippen LogP contribution in [0.3, 0.4) is 0 Å². The normalized spacial score (nSPS) is 11.1. The van der Waals surface area contributed by atoms with Crippen LogP contribution in [0.2, 0.25) is 5.02 Å². The molecule has 0 aliphatic carbocycles. The van der Waals surface area contributed by atoms with Crippen LogP contribution in [0.1, 0.15) is 11.1 Å². The zero-order chi connectivity index (χ0) is 23.1. The first kappa shape index (κ1) is 23.6. The average molecular weight is 477 g/mol. The van der Waals surface area contributed by atoms with Gasteiger partial charge >= 0.3 is 0 Å². The van der Waals surface area contributed by atoms with Crippen LogP contribution in [0.4, 0.5) is 10.1 Å². The predicted octanol–water partition coefficient (Wildman–Crippen LogP) is 4.14. The van der Waals surface area contributed by atoms with Crippen molar-refractivity contribution < 1.29 is 22.3 Å². The molecule has 0 unspecified atom stereocenters. The standard InChI is InChI=1S/C23H22ClFN2O4S/c1-32(29,30)27(15-18-4-8-20(25)9-5-18)21-10-12-22(13-11-21)31-16-23(28)26-14-17-2-6-19(24)7-3-17/h2-13H,14-16H2,1H3,(H,26,28). The van der Waals surface area contributed by atoms with Crippen LogP contribution in [0.15, 0.2) is 72.8 Å². The van der Waals surface area contributed by atoms with Gasteiger partial charge in [0.25, 0.3) is 5.91 Å². The van der Waals surface area contributed by atoms with Gasteiger partial charge in [-0.25, -0.2) is 12.8 Å². The van der Waals surface area contributed by atoms with Crippen LogP contribution in [-0.2, 0) is 27.9 Å². The van der Waals surface area contributed by atoms with E-state index in [9.17, 15) is 17.6 Å². The van der Waals surface area contributed by atoms with Crippen molar-refractivity contribution in [1.82, 2.24) is 5.32 Å². The SMILES string of the molecule is CS(=O)(=O)N(Cc1ccc(F)cc1)c1ccc(OCC(=O)NCc2ccc(Cl)cc2)cc1. The van der Waals surface area contributed by atoms with Crippen LogP contribution < -0.4 is 14.4 Å². The lowest BCUT2D eigenvalue weighted by Crippen LogP contribution is -2.29. The van der Waals surface area contributed by atoms with E-state index >= 15 is 0 Å². The molecule has 0 saturated heterocycles. The van der Waals surface area contributed by atoms with E-state index < -0.39 is 15.8 Å². The molecular weight excluding hydrogens is 455 g/mol. The topological polar surface area (TPSA) is 75.7 Å². The molecule has 1 amide bonds. The summed E-state index contributed by atoms with van der Waals surface area (Å²) in [4.78, 5) is 12.0. The molecule has 6 nitrogen and oxygen atoms in total. The molecule has 168 valence electrons. The fraction of sp³-hybridized carbons (Fsp3) is 0.174. The molecule has 0 aliphatic rings. The van der Waals surface area contributed by atoms with Gasteiger partial charge in [0.05, 0.1) is 18.5 Å². The van der Waals surface area contributed by atoms with Crippen molar-refractivity contribution in [1.29, 1.82) is 0 Å². The van der Waals surface area contributed by atoms with E-state index in [1.165, 1.54) is 28.6 Å². The molecule has 3 aromatic carbocycles. The highest BCUT2D eigenvalue weighted by Gasteiger charge is 2.18. The highest BCUT2D eigenvalue weighted by atomic mass is 35.5. The number of hydrogen-bond acceptors (Lipinski definition) is 4. The second kappa shape index (κ2) is 10.5. The Hall–Kier alpha value is -3.10. The van der Waals surface area contributed by atoms with Crippen molar-refractivity contribution in [2.24, 2.45) is 0 Å². The summed E-state index contributed by atoms with van der Waals surface area (Å²) in [5.41, 5.74) is 1.99. The molecule has 1 N–H and O–H groups in total. The first-order valence-electron chi connectivity index (χ1n) is 9.67. The lowest BCUT2D eigenvalue weighted by atomic mass is 10.2. The third kappa shape index (κ3) is 6.96. The first-order chi connectivity index (χ1) is 15.2. The largest absolute Gasteiger partial charge is 0.484 e. The Morgan fingerprint density at radius 2 is 1.56 bits per heavy atom. The van der Waals surface area contributed by atoms with Gasteiger partial charge in [0.15, 0.2) is 6.61 Å². The Kier molecular flexibility index (Phi) is 7.71. The maximum absolute atomic E-state index is 13.1. The number of nitrogens with zero attached hydrogens (tertiary/aromatic N) is 1. The lowest BCUT2D eigenvalue weighted by molar-refractivity contribution is -0.123. The summed E-state index contributed by atoms with van der Waals surface area (Å²) in [5.74, 6) is -0.262. The third-order valence-electron chi connectivity index (χ3n) is 4.54. The minimum absolute atomic E-state index is 0.0619. The van der Waals surface area contributed by atoms with Crippen molar-refractivity contribution >= 4 is 33.2 Å². The lowest BCUT2D eigenvalue weighted by Gasteiger charge is -2.22. The Morgan fingerprint density at radius 3 is 2.16 bits per heavy atom. The molecule has 0 spiro atoms. The summed E-state index contributed by atoms with van der Waals surface area (Å²) in [7, 11) is -3.57. The van der Waals surface area contributed by atoms with Gasteiger partial charge in [-0.05, 0) is 59.7 Å². The fourth-order valence-corrected chi connectivity index (χ4v) is 3.88. The molecule has 0 aromatic heterocycles. The number of hydrogen-bond donors (Lipinski definition) is 1. The molecule has 3 rings (SSSR count). The molecular formula is C23H22ClFN2O4S. The molecule has 0 bridgehead atoms. The van der Waals surface area contributed by atoms with Gasteiger partial charge in [-0.15, -0.1) is 0 Å². The molecule has 0 heterocycles. The third-order valence-corrected chi connectivity index (χ3v) is 5.93. The molecule has 32 heavy (non-hydrogen) atoms. The molecule has 3 aromatic rings. The number of ether oxygens (including phenoxy) is 1. The zero-order valence-corrected chi connectivity index (χ0v) is 18.9. The number of amides is 1. The Bertz CT molecular complexity index is 1150. The molecule has 0 aliphatic heterocycles. The van der Waals surface area contributed by atoms with Gasteiger partial charge in [-0.2, -0.15) is 0 Å². The van der Waals surface area contributed by atoms with Gasteiger partial charge in [0.1, 0.15) is 11.6 Å². The summed E-state index contributed by atoms with van der Waals surface area (Å²) in [6, 6.07) is 19.1. The van der Waals surface area contributed by atoms with Gasteiger partial charge < -0.3 is 10.1 Å². The number of benzene rings is 3. The summed E-state index contributed by atoms with van der Waals surface area (Å²) in [6.07, 6.45) is 1.10. The van der Waals surface area contributed by atoms with Crippen LogP contribution in [0, 0.1) is 5.82 Å². The quantitative estimate of drug-likeness (QED) is 0.503. The molecule has 0 fully saturated rings. The summed E-state index contributed by atoms with van der Waals surface area (Å²) < 4.78 is 44.4. The second-order valence-corrected chi connectivity index (χ2v) is 9.43. The number of nitrogens with one attached hydrogen (secondary N) is 1. The molecule has 0 atom stereocenters. The van der Waals surface area contributed by atoms with Crippen molar-refractivity contribution in [2.45, 2.75) is 13.1 Å². The van der Waals surface area contributed by atoms with Crippen LogP contribution in [0.5, 0.6) is 5.75 Å². The summed E-state index contributed by atoms with van der Waals surface area (Å²) >= 11 is 5.84. The highest BCUT2D eigenvalue weighted by Crippen LogP contribution is 2.24. The number of carbonyl (C=O) groups is 1. The monoisotopic (exact) mass is 476 g/mol. The van der Waals surface area contributed by atoms with E-state index in [2.05, 4.69) is 5.32 Å². The van der Waals surface area contributed by atoms with Gasteiger partial charge in [-0.1, -0.05) is 35.9 Å². The number of halogens is 2. The van der Waals surface area contributed by atoms with Crippen molar-refractivity contribution in [2.75, 3.05) is 17.2 Å². The second-order valence-electron chi connectivity index (χ2n) is 7.08. The Labute approximate surface area is 191 Å². The average Bonchev–Trinajstić information content (AvgIpc) is 2.76. The van der Waals surface area contributed by atoms with Crippen molar-refractivity contribution in [3.8, 4) is 5.75 Å². The van der Waals surface area contributed by atoms with E-state index in [1.807, 2.05) is 12.1 Å². The number of rotatable bonds is 9. The highest BCUT2D eigenvalue weighted by molar-refractivity contribution is 7.92. The van der Waals surface area contributed by atoms with Gasteiger partial charge in [0.2, 0.25) is 10.0 Å². The van der Waals surface area contributed by atoms with Crippen molar-refractivity contribution in [3.63, 3.8) is 0 Å². The number of carbonyl (C=O) groups excluding carboxylic acids is 1. The zero-order valence-electron chi connectivity index (χ0n) is 17.3. The minimum Gasteiger partial charge on any atom is -0.484 e. The minimum atomic E-state index is -3.57. The van der Waals surface area contributed by atoms with Gasteiger partial charge in [0, 0.05) is 11.6 Å². The van der Waals surface area contributed by atoms with Crippen LogP contribution >= 0.6 is 11.6 Å². The van der Waals surface area contributed by atoms with E-state index in [4.69, 9.17) is 16.3 Å². The predicted molar refractivity (Wildman–Crippen MR) is 123 cm³/mol. The maximum Gasteiger partial charge on any atom is 0.258 e. The van der Waals surface area contributed by atoms with Gasteiger partial charge in [-0.3, -0.25) is 9.10 Å². The first-order valence-corrected chi connectivity index (χ1v) is 11.9. The summed E-state index contributed by atoms with van der Waals surface area (Å²) in [5, 5.41) is 3.37.